The Bertz CT molecular complexity index is 1170. The predicted molar refractivity (Wildman–Crippen MR) is 121 cm³/mol. The lowest BCUT2D eigenvalue weighted by atomic mass is 9.98. The van der Waals surface area contributed by atoms with Crippen molar-refractivity contribution in [2.24, 2.45) is 7.05 Å². The summed E-state index contributed by atoms with van der Waals surface area (Å²) >= 11 is 0. The molecule has 170 valence electrons. The molecule has 1 heterocycles. The second kappa shape index (κ2) is 9.15. The van der Waals surface area contributed by atoms with Gasteiger partial charge in [-0.3, -0.25) is 9.48 Å². The van der Waals surface area contributed by atoms with Gasteiger partial charge in [0.2, 0.25) is 5.91 Å². The Morgan fingerprint density at radius 3 is 2.24 bits per heavy atom. The first-order valence-electron chi connectivity index (χ1n) is 10.6. The second-order valence-corrected chi connectivity index (χ2v) is 7.76. The van der Waals surface area contributed by atoms with Crippen LogP contribution in [0.5, 0.6) is 0 Å². The Morgan fingerprint density at radius 2 is 1.70 bits per heavy atom. The van der Waals surface area contributed by atoms with Gasteiger partial charge in [0, 0.05) is 19.0 Å². The maximum atomic E-state index is 12.6. The third kappa shape index (κ3) is 4.43. The van der Waals surface area contributed by atoms with E-state index in [1.165, 1.54) is 13.1 Å². The van der Waals surface area contributed by atoms with Crippen molar-refractivity contribution in [2.45, 2.75) is 25.3 Å². The molecule has 33 heavy (non-hydrogen) atoms. The maximum Gasteiger partial charge on any atom is 0.407 e. The number of nitrogens with one attached hydrogen (secondary N) is 2. The first-order chi connectivity index (χ1) is 15.9. The van der Waals surface area contributed by atoms with Crippen molar-refractivity contribution in [3.05, 3.63) is 71.4 Å². The number of nitrogens with zero attached hydrogens (tertiary/aromatic N) is 2. The summed E-state index contributed by atoms with van der Waals surface area (Å²) in [6.45, 7) is 1.88. The first-order valence-corrected chi connectivity index (χ1v) is 10.6. The fourth-order valence-corrected chi connectivity index (χ4v) is 4.08. The van der Waals surface area contributed by atoms with Crippen molar-refractivity contribution in [3.63, 3.8) is 0 Å². The zero-order valence-electron chi connectivity index (χ0n) is 18.2. The number of alkyl carbamates (subject to hydrolysis) is 1. The Hall–Kier alpha value is -4.14. The fourth-order valence-electron chi connectivity index (χ4n) is 4.08. The van der Waals surface area contributed by atoms with Crippen LogP contribution in [0.15, 0.2) is 54.6 Å². The quantitative estimate of drug-likeness (QED) is 0.509. The lowest BCUT2D eigenvalue weighted by molar-refractivity contribution is -0.118. The number of carboxylic acid groups (broad SMARTS) is 1. The second-order valence-electron chi connectivity index (χ2n) is 7.76. The number of carbonyl (C=O) groups is 3. The van der Waals surface area contributed by atoms with E-state index >= 15 is 0 Å². The highest BCUT2D eigenvalue weighted by atomic mass is 16.5. The highest BCUT2D eigenvalue weighted by Gasteiger charge is 2.29. The number of carbonyl (C=O) groups excluding carboxylic acids is 2. The monoisotopic (exact) mass is 448 g/mol. The Kier molecular flexibility index (Phi) is 6.12. The van der Waals surface area contributed by atoms with Gasteiger partial charge in [0.05, 0.1) is 0 Å². The van der Waals surface area contributed by atoms with Crippen LogP contribution in [0.2, 0.25) is 0 Å². The van der Waals surface area contributed by atoms with Crippen molar-refractivity contribution in [1.82, 2.24) is 15.1 Å². The number of aromatic carboxylic acids is 1. The topological polar surface area (TPSA) is 123 Å². The maximum absolute atomic E-state index is 12.6. The van der Waals surface area contributed by atoms with Crippen molar-refractivity contribution < 1.29 is 24.2 Å². The van der Waals surface area contributed by atoms with Gasteiger partial charge in [-0.1, -0.05) is 55.5 Å². The number of aromatic nitrogens is 2. The Morgan fingerprint density at radius 1 is 1.09 bits per heavy atom. The van der Waals surface area contributed by atoms with Gasteiger partial charge in [-0.15, -0.1) is 0 Å². The molecule has 1 unspecified atom stereocenters. The van der Waals surface area contributed by atoms with Crippen molar-refractivity contribution >= 4 is 23.8 Å². The minimum Gasteiger partial charge on any atom is -0.477 e. The van der Waals surface area contributed by atoms with E-state index in [9.17, 15) is 14.4 Å². The number of ether oxygens (including phenoxy) is 1. The van der Waals surface area contributed by atoms with E-state index in [4.69, 9.17) is 9.84 Å². The average Bonchev–Trinajstić information content (AvgIpc) is 3.33. The number of hydrogen-bond acceptors (Lipinski definition) is 5. The van der Waals surface area contributed by atoms with Crippen LogP contribution in [0, 0.1) is 0 Å². The molecular weight excluding hydrogens is 424 g/mol. The Balaban J connectivity index is 1.38. The number of amides is 2. The van der Waals surface area contributed by atoms with E-state index in [0.29, 0.717) is 6.42 Å². The standard InChI is InChI=1S/C24H24N4O5/c1-3-19(22(29)26-21-12-20(23(30)31)28(2)27-21)25-24(32)33-13-18-16-10-6-4-8-14(16)15-9-5-7-11-17(15)18/h4-12,18-19H,3,13H2,1-2H3,(H,25,32)(H,30,31)(H,26,27,29). The molecule has 3 aromatic rings. The van der Waals surface area contributed by atoms with Gasteiger partial charge in [0.25, 0.3) is 0 Å². The number of aryl methyl sites for hydroxylation is 1. The number of carboxylic acids is 1. The summed E-state index contributed by atoms with van der Waals surface area (Å²) in [5.74, 6) is -1.66. The Labute approximate surface area is 190 Å². The lowest BCUT2D eigenvalue weighted by Gasteiger charge is -2.18. The molecule has 1 aliphatic rings. The summed E-state index contributed by atoms with van der Waals surface area (Å²) in [4.78, 5) is 36.2. The van der Waals surface area contributed by atoms with Gasteiger partial charge in [-0.25, -0.2) is 9.59 Å². The van der Waals surface area contributed by atoms with Crippen molar-refractivity contribution in [2.75, 3.05) is 11.9 Å². The first kappa shape index (κ1) is 22.1. The van der Waals surface area contributed by atoms with Crippen molar-refractivity contribution in [1.29, 1.82) is 0 Å². The predicted octanol–water partition coefficient (Wildman–Crippen LogP) is 3.37. The summed E-state index contributed by atoms with van der Waals surface area (Å²) in [7, 11) is 1.46. The van der Waals surface area contributed by atoms with Crippen LogP contribution in [0.25, 0.3) is 11.1 Å². The van der Waals surface area contributed by atoms with E-state index in [0.717, 1.165) is 26.9 Å². The van der Waals surface area contributed by atoms with E-state index in [2.05, 4.69) is 27.9 Å². The molecule has 4 rings (SSSR count). The molecular formula is C24H24N4O5. The van der Waals surface area contributed by atoms with Crippen LogP contribution in [0.3, 0.4) is 0 Å². The van der Waals surface area contributed by atoms with Crippen LogP contribution in [-0.4, -0.2) is 45.5 Å². The molecule has 0 bridgehead atoms. The van der Waals surface area contributed by atoms with Crippen LogP contribution < -0.4 is 10.6 Å². The van der Waals surface area contributed by atoms with Crippen molar-refractivity contribution in [3.8, 4) is 11.1 Å². The molecule has 1 atom stereocenters. The molecule has 2 amide bonds. The smallest absolute Gasteiger partial charge is 0.407 e. The normalized spacial score (nSPS) is 13.0. The molecule has 1 aliphatic carbocycles. The van der Waals surface area contributed by atoms with E-state index in [-0.39, 0.29) is 24.0 Å². The van der Waals surface area contributed by atoms with Gasteiger partial charge in [-0.05, 0) is 28.7 Å². The highest BCUT2D eigenvalue weighted by Crippen LogP contribution is 2.44. The molecule has 0 aliphatic heterocycles. The molecule has 0 saturated heterocycles. The minimum absolute atomic E-state index is 0.0668. The SMILES string of the molecule is CCC(NC(=O)OCC1c2ccccc2-c2ccccc21)C(=O)Nc1cc(C(=O)O)n(C)n1. The number of anilines is 1. The summed E-state index contributed by atoms with van der Waals surface area (Å²) < 4.78 is 6.65. The van der Waals surface area contributed by atoms with Crippen LogP contribution in [0.1, 0.15) is 40.9 Å². The fraction of sp³-hybridized carbons (Fsp3) is 0.250. The largest absolute Gasteiger partial charge is 0.477 e. The lowest BCUT2D eigenvalue weighted by Crippen LogP contribution is -2.43. The van der Waals surface area contributed by atoms with E-state index < -0.39 is 24.0 Å². The van der Waals surface area contributed by atoms with Crippen LogP contribution in [-0.2, 0) is 16.6 Å². The number of rotatable bonds is 7. The third-order valence-corrected chi connectivity index (χ3v) is 5.71. The molecule has 3 N–H and O–H groups in total. The third-order valence-electron chi connectivity index (χ3n) is 5.71. The molecule has 0 spiro atoms. The molecule has 0 fully saturated rings. The highest BCUT2D eigenvalue weighted by molar-refractivity contribution is 5.97. The van der Waals surface area contributed by atoms with Crippen LogP contribution >= 0.6 is 0 Å². The summed E-state index contributed by atoms with van der Waals surface area (Å²) in [5.41, 5.74) is 4.39. The molecule has 0 radical (unpaired) electrons. The van der Waals surface area contributed by atoms with Gasteiger partial charge in [0.15, 0.2) is 5.82 Å². The average molecular weight is 448 g/mol. The summed E-state index contributed by atoms with van der Waals surface area (Å²) in [6.07, 6.45) is -0.389. The molecule has 9 heteroatoms. The zero-order chi connectivity index (χ0) is 23.5. The molecule has 1 aromatic heterocycles. The summed E-state index contributed by atoms with van der Waals surface area (Å²) in [5, 5.41) is 18.2. The van der Waals surface area contributed by atoms with E-state index in [1.807, 2.05) is 36.4 Å². The number of hydrogen-bond donors (Lipinski definition) is 3. The van der Waals surface area contributed by atoms with Gasteiger partial charge >= 0.3 is 12.1 Å². The number of fused-ring (bicyclic) bond motifs is 3. The van der Waals surface area contributed by atoms with Crippen LogP contribution in [0.4, 0.5) is 10.6 Å². The molecule has 9 nitrogen and oxygen atoms in total. The van der Waals surface area contributed by atoms with Gasteiger partial charge in [0.1, 0.15) is 18.3 Å². The van der Waals surface area contributed by atoms with Gasteiger partial charge in [-0.2, -0.15) is 5.10 Å². The van der Waals surface area contributed by atoms with Gasteiger partial charge < -0.3 is 20.5 Å². The number of benzene rings is 2. The zero-order valence-corrected chi connectivity index (χ0v) is 18.2. The minimum atomic E-state index is -1.16. The van der Waals surface area contributed by atoms with E-state index in [1.54, 1.807) is 6.92 Å². The molecule has 0 saturated carbocycles. The molecule has 2 aromatic carbocycles. The summed E-state index contributed by atoms with van der Waals surface area (Å²) in [6, 6.07) is 16.4.